The highest BCUT2D eigenvalue weighted by Crippen LogP contribution is 2.34. The predicted octanol–water partition coefficient (Wildman–Crippen LogP) is 0.605. The highest BCUT2D eigenvalue weighted by molar-refractivity contribution is 5.05. The molecule has 1 rings (SSSR count). The van der Waals surface area contributed by atoms with Crippen LogP contribution in [0.4, 0.5) is 0 Å². The van der Waals surface area contributed by atoms with Gasteiger partial charge in [0.1, 0.15) is 0 Å². The number of hydrogen-bond acceptors (Lipinski definition) is 2. The van der Waals surface area contributed by atoms with E-state index in [1.54, 1.807) is 0 Å². The molecule has 0 saturated heterocycles. The normalized spacial score (nSPS) is 52.0. The maximum atomic E-state index is 5.93. The van der Waals surface area contributed by atoms with Crippen LogP contribution in [0.1, 0.15) is 33.1 Å². The monoisotopic (exact) mass is 128 g/mol. The van der Waals surface area contributed by atoms with E-state index in [0.29, 0.717) is 0 Å². The smallest absolute Gasteiger partial charge is 0.0305 e. The Bertz CT molecular complexity index is 102. The fourth-order valence-corrected chi connectivity index (χ4v) is 1.39. The zero-order valence-corrected chi connectivity index (χ0v) is 6.28. The second-order valence-electron chi connectivity index (χ2n) is 3.69. The van der Waals surface area contributed by atoms with Gasteiger partial charge >= 0.3 is 0 Å². The average molecular weight is 128 g/mol. The summed E-state index contributed by atoms with van der Waals surface area (Å²) in [7, 11) is 0. The molecule has 1 saturated carbocycles. The Balaban J connectivity index is 2.75. The van der Waals surface area contributed by atoms with Gasteiger partial charge in [-0.1, -0.05) is 0 Å². The molecule has 0 heterocycles. The molecule has 2 unspecified atom stereocenters. The second-order valence-corrected chi connectivity index (χ2v) is 3.69. The topological polar surface area (TPSA) is 52.0 Å². The highest BCUT2D eigenvalue weighted by atomic mass is 14.9. The Morgan fingerprint density at radius 1 is 1.00 bits per heavy atom. The van der Waals surface area contributed by atoms with Gasteiger partial charge in [-0.3, -0.25) is 0 Å². The molecule has 2 nitrogen and oxygen atoms in total. The Morgan fingerprint density at radius 2 is 1.33 bits per heavy atom. The molecular formula is C7H16N2. The molecule has 1 aliphatic carbocycles. The Kier molecular flexibility index (Phi) is 1.33. The first-order valence-corrected chi connectivity index (χ1v) is 3.53. The van der Waals surface area contributed by atoms with Gasteiger partial charge in [0.25, 0.3) is 0 Å². The molecule has 1 fully saturated rings. The van der Waals surface area contributed by atoms with Crippen LogP contribution in [0.3, 0.4) is 0 Å². The van der Waals surface area contributed by atoms with Crippen LogP contribution in [0, 0.1) is 0 Å². The van der Waals surface area contributed by atoms with Crippen molar-refractivity contribution in [1.29, 1.82) is 0 Å². The molecule has 2 heteroatoms. The highest BCUT2D eigenvalue weighted by Gasteiger charge is 2.42. The van der Waals surface area contributed by atoms with E-state index in [0.717, 1.165) is 12.8 Å². The molecule has 0 aliphatic heterocycles. The van der Waals surface area contributed by atoms with Crippen LogP contribution in [-0.2, 0) is 0 Å². The fraction of sp³-hybridized carbons (Fsp3) is 1.00. The van der Waals surface area contributed by atoms with Crippen molar-refractivity contribution in [2.75, 3.05) is 0 Å². The van der Waals surface area contributed by atoms with Crippen molar-refractivity contribution in [3.05, 3.63) is 0 Å². The summed E-state index contributed by atoms with van der Waals surface area (Å²) >= 11 is 0. The lowest BCUT2D eigenvalue weighted by atomic mass is 9.85. The zero-order chi connectivity index (χ0) is 7.12. The van der Waals surface area contributed by atoms with Gasteiger partial charge in [-0.2, -0.15) is 0 Å². The summed E-state index contributed by atoms with van der Waals surface area (Å²) < 4.78 is 0. The maximum absolute atomic E-state index is 5.93. The SMILES string of the molecule is CC1(N)CCCC1(C)N. The third-order valence-corrected chi connectivity index (χ3v) is 2.70. The van der Waals surface area contributed by atoms with E-state index in [2.05, 4.69) is 0 Å². The lowest BCUT2D eigenvalue weighted by Gasteiger charge is -2.34. The van der Waals surface area contributed by atoms with E-state index in [9.17, 15) is 0 Å². The van der Waals surface area contributed by atoms with Gasteiger partial charge in [-0.25, -0.2) is 0 Å². The first kappa shape index (κ1) is 7.03. The van der Waals surface area contributed by atoms with Crippen molar-refractivity contribution in [2.45, 2.75) is 44.2 Å². The predicted molar refractivity (Wildman–Crippen MR) is 39.0 cm³/mol. The van der Waals surface area contributed by atoms with Crippen LogP contribution in [0.15, 0.2) is 0 Å². The van der Waals surface area contributed by atoms with Gasteiger partial charge in [0.2, 0.25) is 0 Å². The van der Waals surface area contributed by atoms with Gasteiger partial charge in [0.05, 0.1) is 0 Å². The van der Waals surface area contributed by atoms with Crippen molar-refractivity contribution in [3.8, 4) is 0 Å². The summed E-state index contributed by atoms with van der Waals surface area (Å²) in [6, 6.07) is 0. The van der Waals surface area contributed by atoms with Crippen LogP contribution in [0.25, 0.3) is 0 Å². The third-order valence-electron chi connectivity index (χ3n) is 2.70. The molecular weight excluding hydrogens is 112 g/mol. The summed E-state index contributed by atoms with van der Waals surface area (Å²) in [4.78, 5) is 0. The standard InChI is InChI=1S/C7H16N2/c1-6(8)4-3-5-7(6,2)9/h3-5,8-9H2,1-2H3. The van der Waals surface area contributed by atoms with E-state index < -0.39 is 0 Å². The van der Waals surface area contributed by atoms with Gasteiger partial charge in [-0.05, 0) is 33.1 Å². The van der Waals surface area contributed by atoms with Crippen molar-refractivity contribution in [1.82, 2.24) is 0 Å². The summed E-state index contributed by atoms with van der Waals surface area (Å²) in [5.74, 6) is 0. The summed E-state index contributed by atoms with van der Waals surface area (Å²) in [5.41, 5.74) is 11.6. The molecule has 2 atom stereocenters. The van der Waals surface area contributed by atoms with Crippen molar-refractivity contribution in [3.63, 3.8) is 0 Å². The molecule has 0 amide bonds. The molecule has 0 aromatic heterocycles. The lowest BCUT2D eigenvalue weighted by molar-refractivity contribution is 0.309. The number of rotatable bonds is 0. The van der Waals surface area contributed by atoms with Gasteiger partial charge in [0.15, 0.2) is 0 Å². The van der Waals surface area contributed by atoms with Gasteiger partial charge in [0, 0.05) is 11.1 Å². The number of hydrogen-bond donors (Lipinski definition) is 2. The van der Waals surface area contributed by atoms with Crippen LogP contribution >= 0.6 is 0 Å². The Morgan fingerprint density at radius 3 is 1.44 bits per heavy atom. The van der Waals surface area contributed by atoms with E-state index in [-0.39, 0.29) is 11.1 Å². The van der Waals surface area contributed by atoms with E-state index >= 15 is 0 Å². The summed E-state index contributed by atoms with van der Waals surface area (Å²) in [6.07, 6.45) is 3.32. The van der Waals surface area contributed by atoms with Crippen molar-refractivity contribution in [2.24, 2.45) is 11.5 Å². The third kappa shape index (κ3) is 0.970. The average Bonchev–Trinajstić information content (AvgIpc) is 1.81. The largest absolute Gasteiger partial charge is 0.324 e. The number of nitrogens with two attached hydrogens (primary N) is 2. The minimum atomic E-state index is -0.132. The maximum Gasteiger partial charge on any atom is 0.0305 e. The summed E-state index contributed by atoms with van der Waals surface area (Å²) in [5, 5.41) is 0. The van der Waals surface area contributed by atoms with Crippen molar-refractivity contribution < 1.29 is 0 Å². The molecule has 0 spiro atoms. The van der Waals surface area contributed by atoms with Crippen LogP contribution in [0.5, 0.6) is 0 Å². The van der Waals surface area contributed by atoms with E-state index in [1.807, 2.05) is 13.8 Å². The minimum Gasteiger partial charge on any atom is -0.324 e. The molecule has 0 bridgehead atoms. The second kappa shape index (κ2) is 1.70. The Labute approximate surface area is 56.6 Å². The lowest BCUT2D eigenvalue weighted by Crippen LogP contribution is -2.58. The summed E-state index contributed by atoms with van der Waals surface area (Å²) in [6.45, 7) is 4.08. The molecule has 0 aromatic rings. The first-order chi connectivity index (χ1) is 3.96. The van der Waals surface area contributed by atoms with Crippen LogP contribution in [-0.4, -0.2) is 11.1 Å². The van der Waals surface area contributed by atoms with Crippen molar-refractivity contribution >= 4 is 0 Å². The quantitative estimate of drug-likeness (QED) is 0.502. The molecule has 4 N–H and O–H groups in total. The minimum absolute atomic E-state index is 0.132. The molecule has 0 aromatic carbocycles. The Hall–Kier alpha value is -0.0800. The molecule has 9 heavy (non-hydrogen) atoms. The van der Waals surface area contributed by atoms with Gasteiger partial charge in [-0.15, -0.1) is 0 Å². The first-order valence-electron chi connectivity index (χ1n) is 3.53. The van der Waals surface area contributed by atoms with Crippen LogP contribution in [0.2, 0.25) is 0 Å². The van der Waals surface area contributed by atoms with E-state index in [4.69, 9.17) is 11.5 Å². The molecule has 0 radical (unpaired) electrons. The molecule has 1 aliphatic rings. The van der Waals surface area contributed by atoms with E-state index in [1.165, 1.54) is 6.42 Å². The van der Waals surface area contributed by atoms with Crippen LogP contribution < -0.4 is 11.5 Å². The molecule has 54 valence electrons. The fourth-order valence-electron chi connectivity index (χ4n) is 1.39. The van der Waals surface area contributed by atoms with Gasteiger partial charge < -0.3 is 11.5 Å². The zero-order valence-electron chi connectivity index (χ0n) is 6.28.